The van der Waals surface area contributed by atoms with Crippen molar-refractivity contribution < 1.29 is 5.11 Å². The maximum atomic E-state index is 9.69. The second-order valence-electron chi connectivity index (χ2n) is 4.59. The molecule has 0 heterocycles. The minimum Gasteiger partial charge on any atom is -0.390 e. The molecule has 2 heteroatoms. The van der Waals surface area contributed by atoms with Gasteiger partial charge in [-0.05, 0) is 52.7 Å². The van der Waals surface area contributed by atoms with Crippen molar-refractivity contribution in [2.45, 2.75) is 46.1 Å². The molecule has 0 aliphatic rings. The van der Waals surface area contributed by atoms with Crippen LogP contribution < -0.4 is 0 Å². The summed E-state index contributed by atoms with van der Waals surface area (Å²) < 4.78 is 0. The molecule has 0 radical (unpaired) electrons. The van der Waals surface area contributed by atoms with Crippen molar-refractivity contribution in [3.8, 4) is 0 Å². The van der Waals surface area contributed by atoms with Crippen molar-refractivity contribution >= 4 is 0 Å². The molecule has 0 fully saturated rings. The zero-order chi connectivity index (χ0) is 10.5. The Bertz CT molecular complexity index is 129. The highest BCUT2D eigenvalue weighted by Gasteiger charge is 2.21. The van der Waals surface area contributed by atoms with E-state index in [1.165, 1.54) is 6.42 Å². The molecular formula is C11H25NO. The SMILES string of the molecule is CCN(C)CCCC(C)C(C)(C)O. The quantitative estimate of drug-likeness (QED) is 0.688. The van der Waals surface area contributed by atoms with Crippen LogP contribution in [-0.2, 0) is 0 Å². The lowest BCUT2D eigenvalue weighted by Gasteiger charge is -2.26. The Morgan fingerprint density at radius 1 is 1.38 bits per heavy atom. The summed E-state index contributed by atoms with van der Waals surface area (Å²) in [4.78, 5) is 2.30. The maximum absolute atomic E-state index is 9.69. The number of rotatable bonds is 6. The lowest BCUT2D eigenvalue weighted by atomic mass is 9.89. The van der Waals surface area contributed by atoms with Crippen molar-refractivity contribution in [2.24, 2.45) is 5.92 Å². The van der Waals surface area contributed by atoms with Gasteiger partial charge < -0.3 is 10.0 Å². The second-order valence-corrected chi connectivity index (χ2v) is 4.59. The van der Waals surface area contributed by atoms with Gasteiger partial charge in [0.2, 0.25) is 0 Å². The lowest BCUT2D eigenvalue weighted by Crippen LogP contribution is -2.29. The van der Waals surface area contributed by atoms with Crippen LogP contribution in [0.15, 0.2) is 0 Å². The van der Waals surface area contributed by atoms with Crippen LogP contribution in [0.1, 0.15) is 40.5 Å². The average molecular weight is 187 g/mol. The van der Waals surface area contributed by atoms with Crippen molar-refractivity contribution in [3.05, 3.63) is 0 Å². The molecule has 2 nitrogen and oxygen atoms in total. The average Bonchev–Trinajstić information content (AvgIpc) is 2.02. The van der Waals surface area contributed by atoms with Gasteiger partial charge in [0.15, 0.2) is 0 Å². The molecular weight excluding hydrogens is 162 g/mol. The molecule has 0 spiro atoms. The molecule has 1 N–H and O–H groups in total. The first-order valence-corrected chi connectivity index (χ1v) is 5.28. The van der Waals surface area contributed by atoms with Crippen molar-refractivity contribution in [2.75, 3.05) is 20.1 Å². The smallest absolute Gasteiger partial charge is 0.0617 e. The van der Waals surface area contributed by atoms with E-state index in [9.17, 15) is 5.11 Å². The normalized spacial score (nSPS) is 15.0. The van der Waals surface area contributed by atoms with Crippen molar-refractivity contribution in [1.29, 1.82) is 0 Å². The van der Waals surface area contributed by atoms with Crippen LogP contribution in [-0.4, -0.2) is 35.7 Å². The lowest BCUT2D eigenvalue weighted by molar-refractivity contribution is 0.0198. The molecule has 80 valence electrons. The Balaban J connectivity index is 3.54. The highest BCUT2D eigenvalue weighted by Crippen LogP contribution is 2.20. The fourth-order valence-electron chi connectivity index (χ4n) is 1.18. The third-order valence-corrected chi connectivity index (χ3v) is 2.92. The molecule has 0 aromatic rings. The predicted octanol–water partition coefficient (Wildman–Crippen LogP) is 2.13. The molecule has 1 unspecified atom stereocenters. The van der Waals surface area contributed by atoms with Gasteiger partial charge in [-0.3, -0.25) is 0 Å². The molecule has 0 saturated heterocycles. The fraction of sp³-hybridized carbons (Fsp3) is 1.00. The second kappa shape index (κ2) is 5.61. The standard InChI is InChI=1S/C11H25NO/c1-6-12(5)9-7-8-10(2)11(3,4)13/h10,13H,6-9H2,1-5H3. The summed E-state index contributed by atoms with van der Waals surface area (Å²) in [7, 11) is 2.13. The van der Waals surface area contributed by atoms with Crippen LogP contribution in [0.2, 0.25) is 0 Å². The van der Waals surface area contributed by atoms with Crippen LogP contribution in [0, 0.1) is 5.92 Å². The number of hydrogen-bond acceptors (Lipinski definition) is 2. The topological polar surface area (TPSA) is 23.5 Å². The monoisotopic (exact) mass is 187 g/mol. The molecule has 13 heavy (non-hydrogen) atoms. The van der Waals surface area contributed by atoms with E-state index in [1.54, 1.807) is 0 Å². The summed E-state index contributed by atoms with van der Waals surface area (Å²) in [6, 6.07) is 0. The molecule has 0 saturated carbocycles. The minimum atomic E-state index is -0.523. The Morgan fingerprint density at radius 3 is 2.31 bits per heavy atom. The van der Waals surface area contributed by atoms with Crippen LogP contribution in [0.4, 0.5) is 0 Å². The van der Waals surface area contributed by atoms with Gasteiger partial charge in [-0.15, -0.1) is 0 Å². The van der Waals surface area contributed by atoms with E-state index in [-0.39, 0.29) is 0 Å². The van der Waals surface area contributed by atoms with E-state index in [0.29, 0.717) is 5.92 Å². The van der Waals surface area contributed by atoms with Crippen LogP contribution >= 0.6 is 0 Å². The highest BCUT2D eigenvalue weighted by molar-refractivity contribution is 4.73. The molecule has 0 rings (SSSR count). The molecule has 0 amide bonds. The van der Waals surface area contributed by atoms with E-state index in [1.807, 2.05) is 13.8 Å². The molecule has 0 aliphatic carbocycles. The third kappa shape index (κ3) is 6.05. The van der Waals surface area contributed by atoms with Crippen molar-refractivity contribution in [3.63, 3.8) is 0 Å². The first-order chi connectivity index (χ1) is 5.88. The largest absolute Gasteiger partial charge is 0.390 e. The number of hydrogen-bond donors (Lipinski definition) is 1. The van der Waals surface area contributed by atoms with E-state index in [0.717, 1.165) is 19.5 Å². The van der Waals surface area contributed by atoms with E-state index in [4.69, 9.17) is 0 Å². The molecule has 1 atom stereocenters. The van der Waals surface area contributed by atoms with Gasteiger partial charge in [-0.25, -0.2) is 0 Å². The number of aliphatic hydroxyl groups is 1. The van der Waals surface area contributed by atoms with E-state index < -0.39 is 5.60 Å². The summed E-state index contributed by atoms with van der Waals surface area (Å²) in [6.07, 6.45) is 2.28. The first-order valence-electron chi connectivity index (χ1n) is 5.28. The minimum absolute atomic E-state index is 0.387. The van der Waals surface area contributed by atoms with Crippen LogP contribution in [0.5, 0.6) is 0 Å². The summed E-state index contributed by atoms with van der Waals surface area (Å²) in [5.74, 6) is 0.387. The summed E-state index contributed by atoms with van der Waals surface area (Å²) >= 11 is 0. The van der Waals surface area contributed by atoms with Gasteiger partial charge in [0, 0.05) is 0 Å². The first kappa shape index (κ1) is 12.9. The Labute approximate surface area is 82.9 Å². The van der Waals surface area contributed by atoms with E-state index in [2.05, 4.69) is 25.8 Å². The van der Waals surface area contributed by atoms with Gasteiger partial charge in [0.05, 0.1) is 5.60 Å². The van der Waals surface area contributed by atoms with Crippen molar-refractivity contribution in [1.82, 2.24) is 4.90 Å². The number of nitrogens with zero attached hydrogens (tertiary/aromatic N) is 1. The van der Waals surface area contributed by atoms with E-state index >= 15 is 0 Å². The van der Waals surface area contributed by atoms with Crippen LogP contribution in [0.3, 0.4) is 0 Å². The van der Waals surface area contributed by atoms with Gasteiger partial charge in [-0.2, -0.15) is 0 Å². The van der Waals surface area contributed by atoms with Gasteiger partial charge in [0.1, 0.15) is 0 Å². The third-order valence-electron chi connectivity index (χ3n) is 2.92. The molecule has 0 aliphatic heterocycles. The van der Waals surface area contributed by atoms with Gasteiger partial charge in [0.25, 0.3) is 0 Å². The predicted molar refractivity (Wildman–Crippen MR) is 57.9 cm³/mol. The highest BCUT2D eigenvalue weighted by atomic mass is 16.3. The Kier molecular flexibility index (Phi) is 5.57. The van der Waals surface area contributed by atoms with Crippen LogP contribution in [0.25, 0.3) is 0 Å². The molecule has 0 aromatic heterocycles. The zero-order valence-corrected chi connectivity index (χ0v) is 9.80. The maximum Gasteiger partial charge on any atom is 0.0617 e. The summed E-state index contributed by atoms with van der Waals surface area (Å²) in [5, 5.41) is 9.69. The molecule has 0 bridgehead atoms. The summed E-state index contributed by atoms with van der Waals surface area (Å²) in [6.45, 7) is 10.3. The molecule has 0 aromatic carbocycles. The Hall–Kier alpha value is -0.0800. The van der Waals surface area contributed by atoms with Gasteiger partial charge >= 0.3 is 0 Å². The van der Waals surface area contributed by atoms with Gasteiger partial charge in [-0.1, -0.05) is 13.8 Å². The zero-order valence-electron chi connectivity index (χ0n) is 9.80. The Morgan fingerprint density at radius 2 is 1.92 bits per heavy atom. The fourth-order valence-corrected chi connectivity index (χ4v) is 1.18. The summed E-state index contributed by atoms with van der Waals surface area (Å²) in [5.41, 5.74) is -0.523.